The van der Waals surface area contributed by atoms with Gasteiger partial charge in [0.2, 0.25) is 0 Å². The molecule has 1 unspecified atom stereocenters. The van der Waals surface area contributed by atoms with Crippen molar-refractivity contribution in [2.45, 2.75) is 18.8 Å². The molecule has 3 N–H and O–H groups in total. The van der Waals surface area contributed by atoms with Crippen molar-refractivity contribution in [1.29, 1.82) is 0 Å². The van der Waals surface area contributed by atoms with Crippen molar-refractivity contribution in [2.75, 3.05) is 6.54 Å². The number of rotatable bonds is 5. The Morgan fingerprint density at radius 3 is 2.68 bits per heavy atom. The first kappa shape index (κ1) is 13.8. The molecule has 1 aromatic heterocycles. The minimum absolute atomic E-state index is 0.0870. The molecule has 4 heteroatoms. The molecule has 0 aliphatic rings. The van der Waals surface area contributed by atoms with E-state index in [9.17, 15) is 9.90 Å². The lowest BCUT2D eigenvalue weighted by molar-refractivity contribution is -0.143. The lowest BCUT2D eigenvalue weighted by Gasteiger charge is -2.28. The van der Waals surface area contributed by atoms with Gasteiger partial charge in [-0.2, -0.15) is 0 Å². The molecule has 0 radical (unpaired) electrons. The van der Waals surface area contributed by atoms with E-state index in [-0.39, 0.29) is 6.54 Å². The molecule has 2 aromatic rings. The second-order valence-electron chi connectivity index (χ2n) is 4.72. The second-order valence-corrected chi connectivity index (χ2v) is 5.75. The fraction of sp³-hybridized carbons (Fsp3) is 0.267. The molecule has 0 saturated heterocycles. The van der Waals surface area contributed by atoms with Gasteiger partial charge in [-0.25, -0.2) is 0 Å². The smallest absolute Gasteiger partial charge is 0.315 e. The van der Waals surface area contributed by atoms with Gasteiger partial charge in [0.25, 0.3) is 0 Å². The Bertz CT molecular complexity index is 565. The fourth-order valence-corrected chi connectivity index (χ4v) is 3.05. The van der Waals surface area contributed by atoms with Crippen molar-refractivity contribution < 1.29 is 9.90 Å². The summed E-state index contributed by atoms with van der Waals surface area (Å²) in [6, 6.07) is 11.5. The van der Waals surface area contributed by atoms with E-state index in [0.717, 1.165) is 16.0 Å². The molecule has 2 rings (SSSR count). The van der Waals surface area contributed by atoms with Crippen molar-refractivity contribution in [3.8, 4) is 0 Å². The molecule has 0 aliphatic heterocycles. The van der Waals surface area contributed by atoms with E-state index < -0.39 is 11.4 Å². The van der Waals surface area contributed by atoms with Gasteiger partial charge < -0.3 is 10.8 Å². The Kier molecular flexibility index (Phi) is 4.02. The lowest BCUT2D eigenvalue weighted by atomic mass is 9.76. The van der Waals surface area contributed by atoms with Crippen molar-refractivity contribution in [1.82, 2.24) is 0 Å². The molecular weight excluding hydrogens is 258 g/mol. The summed E-state index contributed by atoms with van der Waals surface area (Å²) < 4.78 is 0. The molecule has 1 heterocycles. The molecule has 0 aliphatic carbocycles. The zero-order valence-corrected chi connectivity index (χ0v) is 11.6. The molecule has 1 aromatic carbocycles. The molecule has 0 bridgehead atoms. The van der Waals surface area contributed by atoms with E-state index in [1.165, 1.54) is 0 Å². The van der Waals surface area contributed by atoms with Gasteiger partial charge in [-0.05, 0) is 23.9 Å². The highest BCUT2D eigenvalue weighted by Crippen LogP contribution is 2.30. The fourth-order valence-electron chi connectivity index (χ4n) is 2.23. The summed E-state index contributed by atoms with van der Waals surface area (Å²) in [6.07, 6.45) is 0.431. The lowest BCUT2D eigenvalue weighted by Crippen LogP contribution is -2.44. The topological polar surface area (TPSA) is 63.3 Å². The number of carboxylic acid groups (broad SMARTS) is 1. The third-order valence-corrected chi connectivity index (χ3v) is 4.26. The monoisotopic (exact) mass is 275 g/mol. The van der Waals surface area contributed by atoms with Crippen molar-refractivity contribution >= 4 is 17.3 Å². The first-order valence-electron chi connectivity index (χ1n) is 6.11. The number of aryl methyl sites for hydroxylation is 1. The van der Waals surface area contributed by atoms with Crippen molar-refractivity contribution in [3.63, 3.8) is 0 Å². The highest BCUT2D eigenvalue weighted by atomic mass is 32.1. The van der Waals surface area contributed by atoms with Crippen LogP contribution in [-0.2, 0) is 16.6 Å². The van der Waals surface area contributed by atoms with Crippen LogP contribution in [0.1, 0.15) is 16.0 Å². The summed E-state index contributed by atoms with van der Waals surface area (Å²) in [7, 11) is 0. The summed E-state index contributed by atoms with van der Waals surface area (Å²) in [5.41, 5.74) is 6.60. The van der Waals surface area contributed by atoms with Crippen LogP contribution >= 0.6 is 11.3 Å². The molecular formula is C15H17NO2S. The summed E-state index contributed by atoms with van der Waals surface area (Å²) in [5.74, 6) is -0.867. The third kappa shape index (κ3) is 2.69. The quantitative estimate of drug-likeness (QED) is 0.881. The van der Waals surface area contributed by atoms with Crippen LogP contribution in [-0.4, -0.2) is 17.6 Å². The number of carbonyl (C=O) groups is 1. The van der Waals surface area contributed by atoms with Crippen LogP contribution in [0.2, 0.25) is 0 Å². The number of hydrogen-bond donors (Lipinski definition) is 2. The van der Waals surface area contributed by atoms with Gasteiger partial charge in [0, 0.05) is 17.8 Å². The Morgan fingerprint density at radius 1 is 1.37 bits per heavy atom. The van der Waals surface area contributed by atoms with Crippen LogP contribution in [0.25, 0.3) is 0 Å². The molecule has 0 fully saturated rings. The number of thiophene rings is 1. The van der Waals surface area contributed by atoms with Gasteiger partial charge in [-0.3, -0.25) is 4.79 Å². The maximum atomic E-state index is 11.8. The van der Waals surface area contributed by atoms with Gasteiger partial charge in [-0.1, -0.05) is 35.9 Å². The molecule has 3 nitrogen and oxygen atoms in total. The Hall–Kier alpha value is -1.65. The first-order chi connectivity index (χ1) is 9.08. The molecule has 0 saturated carbocycles. The first-order valence-corrected chi connectivity index (χ1v) is 6.99. The number of nitrogens with two attached hydrogens (primary N) is 1. The highest BCUT2D eigenvalue weighted by Gasteiger charge is 2.39. The summed E-state index contributed by atoms with van der Waals surface area (Å²) in [4.78, 5) is 12.9. The van der Waals surface area contributed by atoms with E-state index in [2.05, 4.69) is 0 Å². The molecule has 100 valence electrons. The summed E-state index contributed by atoms with van der Waals surface area (Å²) in [6.45, 7) is 2.04. The van der Waals surface area contributed by atoms with Crippen molar-refractivity contribution in [3.05, 3.63) is 57.8 Å². The zero-order valence-electron chi connectivity index (χ0n) is 10.8. The van der Waals surface area contributed by atoms with E-state index >= 15 is 0 Å². The second kappa shape index (κ2) is 5.55. The largest absolute Gasteiger partial charge is 0.481 e. The highest BCUT2D eigenvalue weighted by molar-refractivity contribution is 7.09. The molecule has 19 heavy (non-hydrogen) atoms. The standard InChI is InChI=1S/C15H17NO2S/c1-11-4-2-5-12(8-11)15(10-16,14(17)18)9-13-6-3-7-19-13/h2-8H,9-10,16H2,1H3,(H,17,18). The Balaban J connectivity index is 2.47. The van der Waals surface area contributed by atoms with Gasteiger partial charge in [-0.15, -0.1) is 11.3 Å². The summed E-state index contributed by atoms with van der Waals surface area (Å²) >= 11 is 1.56. The zero-order chi connectivity index (χ0) is 13.9. The minimum Gasteiger partial charge on any atom is -0.481 e. The van der Waals surface area contributed by atoms with Crippen LogP contribution in [0.5, 0.6) is 0 Å². The number of hydrogen-bond acceptors (Lipinski definition) is 3. The Labute approximate surface area is 116 Å². The van der Waals surface area contributed by atoms with Gasteiger partial charge in [0.15, 0.2) is 0 Å². The maximum absolute atomic E-state index is 11.8. The maximum Gasteiger partial charge on any atom is 0.315 e. The van der Waals surface area contributed by atoms with Crippen LogP contribution in [0.4, 0.5) is 0 Å². The normalized spacial score (nSPS) is 14.0. The molecule has 0 amide bonds. The van der Waals surface area contributed by atoms with Gasteiger partial charge in [0.1, 0.15) is 5.41 Å². The van der Waals surface area contributed by atoms with Crippen LogP contribution in [0.3, 0.4) is 0 Å². The Morgan fingerprint density at radius 2 is 2.16 bits per heavy atom. The van der Waals surface area contributed by atoms with Gasteiger partial charge in [0.05, 0.1) is 0 Å². The van der Waals surface area contributed by atoms with E-state index in [0.29, 0.717) is 6.42 Å². The van der Waals surface area contributed by atoms with E-state index in [1.54, 1.807) is 11.3 Å². The number of carboxylic acids is 1. The van der Waals surface area contributed by atoms with Gasteiger partial charge >= 0.3 is 5.97 Å². The van der Waals surface area contributed by atoms with Crippen LogP contribution in [0.15, 0.2) is 41.8 Å². The van der Waals surface area contributed by atoms with Crippen LogP contribution in [0, 0.1) is 6.92 Å². The van der Waals surface area contributed by atoms with E-state index in [1.807, 2.05) is 48.7 Å². The number of aliphatic carboxylic acids is 1. The summed E-state index contributed by atoms with van der Waals surface area (Å²) in [5, 5.41) is 11.6. The predicted molar refractivity (Wildman–Crippen MR) is 77.6 cm³/mol. The molecule has 1 atom stereocenters. The SMILES string of the molecule is Cc1cccc(C(CN)(Cc2cccs2)C(=O)O)c1. The van der Waals surface area contributed by atoms with E-state index in [4.69, 9.17) is 5.73 Å². The number of benzene rings is 1. The third-order valence-electron chi connectivity index (χ3n) is 3.38. The average Bonchev–Trinajstić information content (AvgIpc) is 2.88. The van der Waals surface area contributed by atoms with Crippen LogP contribution < -0.4 is 5.73 Å². The minimum atomic E-state index is -1.04. The predicted octanol–water partition coefficient (Wildman–Crippen LogP) is 2.58. The average molecular weight is 275 g/mol. The molecule has 0 spiro atoms. The van der Waals surface area contributed by atoms with Crippen molar-refractivity contribution in [2.24, 2.45) is 5.73 Å².